The average Bonchev–Trinajstić information content (AvgIpc) is 2.48. The number of nitrogens with one attached hydrogen (secondary N) is 1. The summed E-state index contributed by atoms with van der Waals surface area (Å²) in [6.07, 6.45) is 7.28. The molecule has 1 aromatic heterocycles. The molecule has 2 nitrogen and oxygen atoms in total. The van der Waals surface area contributed by atoms with Gasteiger partial charge in [-0.25, -0.2) is 0 Å². The van der Waals surface area contributed by atoms with Gasteiger partial charge in [0.1, 0.15) is 0 Å². The van der Waals surface area contributed by atoms with Crippen molar-refractivity contribution in [1.82, 2.24) is 10.3 Å². The van der Waals surface area contributed by atoms with Crippen LogP contribution in [0.5, 0.6) is 0 Å². The minimum absolute atomic E-state index is 0.419. The predicted molar refractivity (Wildman–Crippen MR) is 80.0 cm³/mol. The van der Waals surface area contributed by atoms with Gasteiger partial charge in [-0.1, -0.05) is 43.3 Å². The van der Waals surface area contributed by atoms with Crippen molar-refractivity contribution in [2.24, 2.45) is 0 Å². The maximum absolute atomic E-state index is 4.21. The maximum Gasteiger partial charge on any atom is 0.0335 e. The Labute approximate surface area is 115 Å². The molecule has 2 rings (SSSR count). The van der Waals surface area contributed by atoms with Gasteiger partial charge < -0.3 is 5.32 Å². The van der Waals surface area contributed by atoms with E-state index in [9.17, 15) is 0 Å². The first-order valence-electron chi connectivity index (χ1n) is 7.07. The van der Waals surface area contributed by atoms with Crippen molar-refractivity contribution in [3.05, 3.63) is 66.0 Å². The molecule has 0 spiro atoms. The van der Waals surface area contributed by atoms with Crippen LogP contribution in [-0.4, -0.2) is 11.5 Å². The van der Waals surface area contributed by atoms with E-state index in [0.717, 1.165) is 19.4 Å². The van der Waals surface area contributed by atoms with Gasteiger partial charge in [-0.3, -0.25) is 4.98 Å². The number of rotatable bonds is 7. The number of aromatic nitrogens is 1. The van der Waals surface area contributed by atoms with Gasteiger partial charge >= 0.3 is 0 Å². The van der Waals surface area contributed by atoms with E-state index in [-0.39, 0.29) is 0 Å². The Bertz CT molecular complexity index is 453. The first-order chi connectivity index (χ1) is 9.40. The average molecular weight is 254 g/mol. The van der Waals surface area contributed by atoms with Crippen LogP contribution in [-0.2, 0) is 6.42 Å². The normalized spacial score (nSPS) is 12.3. The molecule has 0 fully saturated rings. The number of pyridine rings is 1. The first-order valence-corrected chi connectivity index (χ1v) is 7.07. The zero-order chi connectivity index (χ0) is 13.3. The molecular weight excluding hydrogens is 232 g/mol. The Hall–Kier alpha value is -1.67. The number of hydrogen-bond donors (Lipinski definition) is 1. The number of nitrogens with zero attached hydrogens (tertiary/aromatic N) is 1. The second-order valence-electron chi connectivity index (χ2n) is 4.77. The maximum atomic E-state index is 4.21. The second-order valence-corrected chi connectivity index (χ2v) is 4.77. The van der Waals surface area contributed by atoms with Crippen molar-refractivity contribution in [1.29, 1.82) is 0 Å². The lowest BCUT2D eigenvalue weighted by Gasteiger charge is -2.17. The van der Waals surface area contributed by atoms with Gasteiger partial charge in [0.15, 0.2) is 0 Å². The summed E-state index contributed by atoms with van der Waals surface area (Å²) in [6, 6.07) is 15.3. The Balaban J connectivity index is 1.87. The summed E-state index contributed by atoms with van der Waals surface area (Å²) >= 11 is 0. The summed E-state index contributed by atoms with van der Waals surface area (Å²) in [7, 11) is 0. The fraction of sp³-hybridized carbons (Fsp3) is 0.353. The number of aryl methyl sites for hydroxylation is 1. The van der Waals surface area contributed by atoms with E-state index < -0.39 is 0 Å². The molecule has 0 radical (unpaired) electrons. The SMILES string of the molecule is CCNC(CCCc1ccccc1)c1cccnc1. The van der Waals surface area contributed by atoms with Gasteiger partial charge in [-0.15, -0.1) is 0 Å². The Morgan fingerprint density at radius 3 is 2.63 bits per heavy atom. The lowest BCUT2D eigenvalue weighted by Crippen LogP contribution is -2.21. The second kappa shape index (κ2) is 7.70. The van der Waals surface area contributed by atoms with Crippen LogP contribution in [0.15, 0.2) is 54.9 Å². The lowest BCUT2D eigenvalue weighted by molar-refractivity contribution is 0.497. The topological polar surface area (TPSA) is 24.9 Å². The molecule has 1 heterocycles. The predicted octanol–water partition coefficient (Wildman–Crippen LogP) is 3.76. The van der Waals surface area contributed by atoms with E-state index in [1.807, 2.05) is 18.5 Å². The van der Waals surface area contributed by atoms with E-state index in [1.165, 1.54) is 17.5 Å². The molecule has 0 amide bonds. The monoisotopic (exact) mass is 254 g/mol. The van der Waals surface area contributed by atoms with Crippen molar-refractivity contribution in [2.45, 2.75) is 32.2 Å². The fourth-order valence-electron chi connectivity index (χ4n) is 2.37. The third-order valence-corrected chi connectivity index (χ3v) is 3.34. The molecule has 0 aliphatic heterocycles. The Kier molecular flexibility index (Phi) is 5.57. The first kappa shape index (κ1) is 13.8. The molecule has 0 bridgehead atoms. The van der Waals surface area contributed by atoms with Crippen molar-refractivity contribution in [3.8, 4) is 0 Å². The molecule has 1 aromatic carbocycles. The molecule has 1 N–H and O–H groups in total. The van der Waals surface area contributed by atoms with Crippen LogP contribution in [0.1, 0.15) is 36.9 Å². The van der Waals surface area contributed by atoms with Crippen molar-refractivity contribution >= 4 is 0 Å². The van der Waals surface area contributed by atoms with Gasteiger partial charge in [0.2, 0.25) is 0 Å². The van der Waals surface area contributed by atoms with Crippen molar-refractivity contribution in [3.63, 3.8) is 0 Å². The van der Waals surface area contributed by atoms with Gasteiger partial charge in [0.05, 0.1) is 0 Å². The molecular formula is C17H22N2. The third-order valence-electron chi connectivity index (χ3n) is 3.34. The molecule has 0 saturated carbocycles. The molecule has 19 heavy (non-hydrogen) atoms. The van der Waals surface area contributed by atoms with Crippen LogP contribution < -0.4 is 5.32 Å². The lowest BCUT2D eigenvalue weighted by atomic mass is 10.0. The summed E-state index contributed by atoms with van der Waals surface area (Å²) < 4.78 is 0. The van der Waals surface area contributed by atoms with Crippen LogP contribution >= 0.6 is 0 Å². The molecule has 100 valence electrons. The highest BCUT2D eigenvalue weighted by molar-refractivity contribution is 5.16. The van der Waals surface area contributed by atoms with E-state index in [2.05, 4.69) is 53.6 Å². The summed E-state index contributed by atoms with van der Waals surface area (Å²) in [5.41, 5.74) is 2.71. The summed E-state index contributed by atoms with van der Waals surface area (Å²) in [6.45, 7) is 3.14. The summed E-state index contributed by atoms with van der Waals surface area (Å²) in [5, 5.41) is 3.55. The van der Waals surface area contributed by atoms with Gasteiger partial charge in [0.25, 0.3) is 0 Å². The van der Waals surface area contributed by atoms with Gasteiger partial charge in [-0.05, 0) is 43.0 Å². The fourth-order valence-corrected chi connectivity index (χ4v) is 2.37. The van der Waals surface area contributed by atoms with Crippen LogP contribution in [0.2, 0.25) is 0 Å². The molecule has 0 aliphatic carbocycles. The summed E-state index contributed by atoms with van der Waals surface area (Å²) in [5.74, 6) is 0. The molecule has 1 unspecified atom stereocenters. The zero-order valence-electron chi connectivity index (χ0n) is 11.5. The minimum Gasteiger partial charge on any atom is -0.310 e. The van der Waals surface area contributed by atoms with E-state index in [0.29, 0.717) is 6.04 Å². The number of hydrogen-bond acceptors (Lipinski definition) is 2. The molecule has 0 aliphatic rings. The van der Waals surface area contributed by atoms with Gasteiger partial charge in [0, 0.05) is 18.4 Å². The minimum atomic E-state index is 0.419. The van der Waals surface area contributed by atoms with E-state index in [1.54, 1.807) is 0 Å². The zero-order valence-corrected chi connectivity index (χ0v) is 11.5. The third kappa shape index (κ3) is 4.49. The van der Waals surface area contributed by atoms with Crippen LogP contribution in [0.4, 0.5) is 0 Å². The largest absolute Gasteiger partial charge is 0.310 e. The standard InChI is InChI=1S/C17H22N2/c1-2-19-17(16-11-7-13-18-14-16)12-6-10-15-8-4-3-5-9-15/h3-5,7-9,11,13-14,17,19H,2,6,10,12H2,1H3. The quantitative estimate of drug-likeness (QED) is 0.814. The molecule has 0 saturated heterocycles. The highest BCUT2D eigenvalue weighted by Gasteiger charge is 2.09. The number of benzene rings is 1. The Morgan fingerprint density at radius 1 is 1.11 bits per heavy atom. The van der Waals surface area contributed by atoms with Crippen LogP contribution in [0.3, 0.4) is 0 Å². The highest BCUT2D eigenvalue weighted by Crippen LogP contribution is 2.18. The van der Waals surface area contributed by atoms with E-state index >= 15 is 0 Å². The van der Waals surface area contributed by atoms with Crippen molar-refractivity contribution < 1.29 is 0 Å². The van der Waals surface area contributed by atoms with Crippen LogP contribution in [0, 0.1) is 0 Å². The van der Waals surface area contributed by atoms with E-state index in [4.69, 9.17) is 0 Å². The smallest absolute Gasteiger partial charge is 0.0335 e. The van der Waals surface area contributed by atoms with Crippen LogP contribution in [0.25, 0.3) is 0 Å². The molecule has 2 aromatic rings. The Morgan fingerprint density at radius 2 is 1.95 bits per heavy atom. The van der Waals surface area contributed by atoms with Gasteiger partial charge in [-0.2, -0.15) is 0 Å². The summed E-state index contributed by atoms with van der Waals surface area (Å²) in [4.78, 5) is 4.21. The highest BCUT2D eigenvalue weighted by atomic mass is 14.9. The molecule has 2 heteroatoms. The van der Waals surface area contributed by atoms with Crippen molar-refractivity contribution in [2.75, 3.05) is 6.54 Å². The molecule has 1 atom stereocenters.